The van der Waals surface area contributed by atoms with Crippen molar-refractivity contribution in [2.45, 2.75) is 13.0 Å². The van der Waals surface area contributed by atoms with E-state index in [1.165, 1.54) is 23.7 Å². The number of carbonyl (C=O) groups is 1. The van der Waals surface area contributed by atoms with Crippen LogP contribution in [-0.2, 0) is 7.05 Å². The molecule has 2 rings (SSSR count). The van der Waals surface area contributed by atoms with Gasteiger partial charge in [-0.2, -0.15) is 0 Å². The molecule has 0 spiro atoms. The lowest BCUT2D eigenvalue weighted by atomic mass is 10.2. The number of hydrogen-bond acceptors (Lipinski definition) is 4. The number of rotatable bonds is 2. The van der Waals surface area contributed by atoms with Crippen LogP contribution in [0.25, 0.3) is 0 Å². The molecule has 0 unspecified atom stereocenters. The van der Waals surface area contributed by atoms with Gasteiger partial charge in [0, 0.05) is 31.7 Å². The number of nitrogens with one attached hydrogen (secondary N) is 1. The summed E-state index contributed by atoms with van der Waals surface area (Å²) in [6, 6.07) is 2.97. The number of hydrogen-bond donors (Lipinski definition) is 1. The summed E-state index contributed by atoms with van der Waals surface area (Å²) in [5, 5.41) is 13.9. The highest BCUT2D eigenvalue weighted by atomic mass is 16.6. The maximum absolute atomic E-state index is 12.3. The highest BCUT2D eigenvalue weighted by Crippen LogP contribution is 2.18. The van der Waals surface area contributed by atoms with Gasteiger partial charge < -0.3 is 20.3 Å². The third-order valence-electron chi connectivity index (χ3n) is 3.26. The molecule has 0 aliphatic carbocycles. The molecule has 1 N–H and O–H groups in total. The van der Waals surface area contributed by atoms with Crippen molar-refractivity contribution < 1.29 is 9.72 Å². The van der Waals surface area contributed by atoms with Gasteiger partial charge in [0.15, 0.2) is 5.69 Å². The molecule has 0 aromatic carbocycles. The topological polar surface area (TPSA) is 80.4 Å². The first-order chi connectivity index (χ1) is 8.52. The van der Waals surface area contributed by atoms with E-state index < -0.39 is 4.92 Å². The Kier molecular flexibility index (Phi) is 3.33. The second-order valence-corrected chi connectivity index (χ2v) is 4.44. The van der Waals surface area contributed by atoms with Crippen LogP contribution in [0.4, 0.5) is 5.82 Å². The first kappa shape index (κ1) is 12.6. The van der Waals surface area contributed by atoms with Gasteiger partial charge in [-0.1, -0.05) is 0 Å². The van der Waals surface area contributed by atoms with Gasteiger partial charge in [-0.05, 0) is 17.9 Å². The second kappa shape index (κ2) is 4.77. The normalized spacial score (nSPS) is 19.9. The molecule has 98 valence electrons. The summed E-state index contributed by atoms with van der Waals surface area (Å²) < 4.78 is 1.33. The van der Waals surface area contributed by atoms with Crippen molar-refractivity contribution in [2.24, 2.45) is 7.05 Å². The van der Waals surface area contributed by atoms with Crippen LogP contribution >= 0.6 is 0 Å². The monoisotopic (exact) mass is 252 g/mol. The molecule has 0 bridgehead atoms. The Morgan fingerprint density at radius 1 is 1.56 bits per heavy atom. The third kappa shape index (κ3) is 2.08. The molecule has 18 heavy (non-hydrogen) atoms. The fourth-order valence-corrected chi connectivity index (χ4v) is 2.19. The molecular formula is C11H16N4O3. The molecule has 1 aliphatic rings. The molecule has 7 heteroatoms. The van der Waals surface area contributed by atoms with Gasteiger partial charge in [0.25, 0.3) is 5.91 Å². The zero-order chi connectivity index (χ0) is 13.3. The van der Waals surface area contributed by atoms with Crippen molar-refractivity contribution in [1.29, 1.82) is 0 Å². The maximum atomic E-state index is 12.3. The molecule has 0 saturated carbocycles. The van der Waals surface area contributed by atoms with Crippen LogP contribution < -0.4 is 5.32 Å². The summed E-state index contributed by atoms with van der Waals surface area (Å²) in [5.41, 5.74) is 0.357. The van der Waals surface area contributed by atoms with Crippen LogP contribution in [0.5, 0.6) is 0 Å². The standard InChI is InChI=1S/C11H16N4O3/c1-8-7-12-5-6-14(8)11(16)9-3-4-10(13(9)2)15(17)18/h3-4,8,12H,5-7H2,1-2H3/t8-/m1/s1. The number of aromatic nitrogens is 1. The molecule has 1 amide bonds. The minimum atomic E-state index is -0.488. The van der Waals surface area contributed by atoms with Crippen molar-refractivity contribution in [3.63, 3.8) is 0 Å². The highest BCUT2D eigenvalue weighted by molar-refractivity contribution is 5.93. The fraction of sp³-hybridized carbons (Fsp3) is 0.545. The van der Waals surface area contributed by atoms with E-state index in [2.05, 4.69) is 5.32 Å². The summed E-state index contributed by atoms with van der Waals surface area (Å²) in [7, 11) is 1.54. The Balaban J connectivity index is 2.26. The van der Waals surface area contributed by atoms with Crippen LogP contribution in [0.1, 0.15) is 17.4 Å². The molecule has 2 heterocycles. The lowest BCUT2D eigenvalue weighted by molar-refractivity contribution is -0.391. The van der Waals surface area contributed by atoms with E-state index in [9.17, 15) is 14.9 Å². The number of nitrogens with zero attached hydrogens (tertiary/aromatic N) is 3. The van der Waals surface area contributed by atoms with Crippen LogP contribution in [-0.4, -0.2) is 46.0 Å². The number of amides is 1. The van der Waals surface area contributed by atoms with Crippen molar-refractivity contribution in [2.75, 3.05) is 19.6 Å². The van der Waals surface area contributed by atoms with E-state index in [1.54, 1.807) is 4.90 Å². The molecule has 1 aliphatic heterocycles. The Bertz CT molecular complexity index is 483. The van der Waals surface area contributed by atoms with E-state index in [0.717, 1.165) is 13.1 Å². The van der Waals surface area contributed by atoms with Gasteiger partial charge in [0.2, 0.25) is 0 Å². The minimum Gasteiger partial charge on any atom is -0.358 e. The van der Waals surface area contributed by atoms with Crippen molar-refractivity contribution in [3.8, 4) is 0 Å². The average Bonchev–Trinajstić information content (AvgIpc) is 2.71. The lowest BCUT2D eigenvalue weighted by Gasteiger charge is -2.33. The van der Waals surface area contributed by atoms with Gasteiger partial charge in [-0.15, -0.1) is 0 Å². The number of piperazine rings is 1. The lowest BCUT2D eigenvalue weighted by Crippen LogP contribution is -2.52. The fourth-order valence-electron chi connectivity index (χ4n) is 2.19. The molecule has 0 radical (unpaired) electrons. The van der Waals surface area contributed by atoms with E-state index in [4.69, 9.17) is 0 Å². The average molecular weight is 252 g/mol. The zero-order valence-electron chi connectivity index (χ0n) is 10.4. The van der Waals surface area contributed by atoms with Crippen LogP contribution in [0.2, 0.25) is 0 Å². The predicted octanol–water partition coefficient (Wildman–Crippen LogP) is 0.367. The summed E-state index contributed by atoms with van der Waals surface area (Å²) in [6.07, 6.45) is 0. The molecular weight excluding hydrogens is 236 g/mol. The SMILES string of the molecule is C[C@@H]1CNCCN1C(=O)c1ccc([N+](=O)[O-])n1C. The van der Waals surface area contributed by atoms with Gasteiger partial charge in [-0.3, -0.25) is 4.79 Å². The van der Waals surface area contributed by atoms with Crippen LogP contribution in [0.15, 0.2) is 12.1 Å². The third-order valence-corrected chi connectivity index (χ3v) is 3.26. The van der Waals surface area contributed by atoms with Crippen molar-refractivity contribution in [1.82, 2.24) is 14.8 Å². The molecule has 7 nitrogen and oxygen atoms in total. The molecule has 1 aromatic heterocycles. The van der Waals surface area contributed by atoms with E-state index in [-0.39, 0.29) is 17.8 Å². The van der Waals surface area contributed by atoms with Crippen molar-refractivity contribution >= 4 is 11.7 Å². The van der Waals surface area contributed by atoms with Crippen molar-refractivity contribution in [3.05, 3.63) is 27.9 Å². The summed E-state index contributed by atoms with van der Waals surface area (Å²) >= 11 is 0. The predicted molar refractivity (Wildman–Crippen MR) is 65.4 cm³/mol. The second-order valence-electron chi connectivity index (χ2n) is 4.44. The first-order valence-electron chi connectivity index (χ1n) is 5.84. The zero-order valence-corrected chi connectivity index (χ0v) is 10.4. The minimum absolute atomic E-state index is 0.0684. The van der Waals surface area contributed by atoms with Gasteiger partial charge in [-0.25, -0.2) is 4.57 Å². The Morgan fingerprint density at radius 2 is 2.28 bits per heavy atom. The van der Waals surface area contributed by atoms with Crippen LogP contribution in [0, 0.1) is 10.1 Å². The Morgan fingerprint density at radius 3 is 2.83 bits per heavy atom. The Hall–Kier alpha value is -1.89. The van der Waals surface area contributed by atoms with E-state index in [0.29, 0.717) is 12.2 Å². The summed E-state index contributed by atoms with van der Waals surface area (Å²) in [4.78, 5) is 24.3. The maximum Gasteiger partial charge on any atom is 0.323 e. The van der Waals surface area contributed by atoms with E-state index in [1.807, 2.05) is 6.92 Å². The first-order valence-corrected chi connectivity index (χ1v) is 5.84. The van der Waals surface area contributed by atoms with Gasteiger partial charge >= 0.3 is 5.82 Å². The van der Waals surface area contributed by atoms with E-state index >= 15 is 0 Å². The van der Waals surface area contributed by atoms with Crippen LogP contribution in [0.3, 0.4) is 0 Å². The quantitative estimate of drug-likeness (QED) is 0.609. The number of carbonyl (C=O) groups excluding carboxylic acids is 1. The van der Waals surface area contributed by atoms with Gasteiger partial charge in [0.1, 0.15) is 0 Å². The van der Waals surface area contributed by atoms with Gasteiger partial charge in [0.05, 0.1) is 7.05 Å². The summed E-state index contributed by atoms with van der Waals surface area (Å²) in [6.45, 7) is 4.08. The highest BCUT2D eigenvalue weighted by Gasteiger charge is 2.29. The number of nitro groups is 1. The largest absolute Gasteiger partial charge is 0.358 e. The Labute approximate surface area is 105 Å². The smallest absolute Gasteiger partial charge is 0.323 e. The molecule has 1 saturated heterocycles. The molecule has 1 atom stereocenters. The molecule has 1 fully saturated rings. The molecule has 1 aromatic rings. The summed E-state index contributed by atoms with van der Waals surface area (Å²) in [5.74, 6) is -0.222.